The first-order chi connectivity index (χ1) is 10.7. The van der Waals surface area contributed by atoms with Crippen LogP contribution in [-0.2, 0) is 4.74 Å². The van der Waals surface area contributed by atoms with Crippen molar-refractivity contribution in [1.29, 1.82) is 0 Å². The Morgan fingerprint density at radius 3 is 2.91 bits per heavy atom. The van der Waals surface area contributed by atoms with Crippen LogP contribution in [-0.4, -0.2) is 59.9 Å². The van der Waals surface area contributed by atoms with E-state index >= 15 is 0 Å². The molecule has 7 nitrogen and oxygen atoms in total. The van der Waals surface area contributed by atoms with Crippen molar-refractivity contribution >= 4 is 17.6 Å². The van der Waals surface area contributed by atoms with Crippen molar-refractivity contribution in [3.05, 3.63) is 17.5 Å². The minimum atomic E-state index is 0.00528. The third kappa shape index (κ3) is 3.98. The number of nitrogens with zero attached hydrogens (tertiary/aromatic N) is 3. The number of nitrogens with one attached hydrogen (secondary N) is 1. The van der Waals surface area contributed by atoms with Gasteiger partial charge in [0.2, 0.25) is 5.88 Å². The van der Waals surface area contributed by atoms with Gasteiger partial charge in [-0.05, 0) is 12.8 Å². The van der Waals surface area contributed by atoms with E-state index in [1.54, 1.807) is 4.90 Å². The summed E-state index contributed by atoms with van der Waals surface area (Å²) in [7, 11) is 0. The second kappa shape index (κ2) is 7.11. The average molecular weight is 327 g/mol. The van der Waals surface area contributed by atoms with Crippen molar-refractivity contribution in [2.75, 3.05) is 32.9 Å². The Kier molecular flexibility index (Phi) is 4.94. The van der Waals surface area contributed by atoms with Gasteiger partial charge >= 0.3 is 6.03 Å². The average Bonchev–Trinajstić information content (AvgIpc) is 2.46. The number of likely N-dealkylation sites (tertiary alicyclic amines) is 1. The van der Waals surface area contributed by atoms with Gasteiger partial charge in [-0.3, -0.25) is 4.98 Å². The standard InChI is InChI=1S/C14H19ClN4O3/c15-12-5-16-6-13(18-12)22-9-10-7-19(8-10)14(20)17-11-1-3-21-4-2-11/h5-6,10-11H,1-4,7-9H2,(H,17,20). The summed E-state index contributed by atoms with van der Waals surface area (Å²) in [5, 5.41) is 3.36. The maximum absolute atomic E-state index is 12.1. The largest absolute Gasteiger partial charge is 0.476 e. The van der Waals surface area contributed by atoms with Gasteiger partial charge in [0.1, 0.15) is 0 Å². The fraction of sp³-hybridized carbons (Fsp3) is 0.643. The van der Waals surface area contributed by atoms with Crippen molar-refractivity contribution in [2.24, 2.45) is 5.92 Å². The number of hydrogen-bond donors (Lipinski definition) is 1. The monoisotopic (exact) mass is 326 g/mol. The molecule has 0 unspecified atom stereocenters. The Labute approximate surface area is 134 Å². The molecule has 2 aliphatic rings. The van der Waals surface area contributed by atoms with Gasteiger partial charge in [0.25, 0.3) is 0 Å². The zero-order chi connectivity index (χ0) is 15.4. The Bertz CT molecular complexity index is 519. The van der Waals surface area contributed by atoms with E-state index < -0.39 is 0 Å². The molecule has 0 aromatic carbocycles. The summed E-state index contributed by atoms with van der Waals surface area (Å²) in [4.78, 5) is 21.8. The maximum atomic E-state index is 12.1. The van der Waals surface area contributed by atoms with Crippen molar-refractivity contribution in [3.63, 3.8) is 0 Å². The van der Waals surface area contributed by atoms with Gasteiger partial charge in [-0.15, -0.1) is 0 Å². The van der Waals surface area contributed by atoms with Gasteiger partial charge in [-0.25, -0.2) is 4.79 Å². The smallest absolute Gasteiger partial charge is 0.317 e. The molecule has 1 aromatic heterocycles. The van der Waals surface area contributed by atoms with Crippen LogP contribution in [0.3, 0.4) is 0 Å². The highest BCUT2D eigenvalue weighted by Gasteiger charge is 2.32. The molecule has 2 amide bonds. The highest BCUT2D eigenvalue weighted by atomic mass is 35.5. The number of urea groups is 1. The van der Waals surface area contributed by atoms with Crippen LogP contribution in [0.4, 0.5) is 4.79 Å². The van der Waals surface area contributed by atoms with E-state index in [1.807, 2.05) is 0 Å². The lowest BCUT2D eigenvalue weighted by molar-refractivity contribution is 0.0645. The molecule has 1 aromatic rings. The molecule has 0 saturated carbocycles. The van der Waals surface area contributed by atoms with Crippen LogP contribution in [0.25, 0.3) is 0 Å². The molecule has 0 aliphatic carbocycles. The molecule has 3 heterocycles. The van der Waals surface area contributed by atoms with Crippen LogP contribution >= 0.6 is 11.6 Å². The lowest BCUT2D eigenvalue weighted by Crippen LogP contribution is -2.57. The minimum absolute atomic E-state index is 0.00528. The fourth-order valence-electron chi connectivity index (χ4n) is 2.55. The number of rotatable bonds is 4. The van der Waals surface area contributed by atoms with E-state index in [1.165, 1.54) is 12.4 Å². The Balaban J connectivity index is 1.35. The Morgan fingerprint density at radius 1 is 1.41 bits per heavy atom. The molecule has 2 fully saturated rings. The van der Waals surface area contributed by atoms with E-state index in [0.717, 1.165) is 26.1 Å². The molecule has 0 atom stereocenters. The van der Waals surface area contributed by atoms with Gasteiger partial charge < -0.3 is 19.7 Å². The molecular weight excluding hydrogens is 308 g/mol. The van der Waals surface area contributed by atoms with E-state index in [2.05, 4.69) is 15.3 Å². The summed E-state index contributed by atoms with van der Waals surface area (Å²) >= 11 is 5.74. The van der Waals surface area contributed by atoms with E-state index in [0.29, 0.717) is 36.6 Å². The van der Waals surface area contributed by atoms with Crippen LogP contribution in [0, 0.1) is 5.92 Å². The predicted octanol–water partition coefficient (Wildman–Crippen LogP) is 1.33. The fourth-order valence-corrected chi connectivity index (χ4v) is 2.69. The molecule has 8 heteroatoms. The second-order valence-corrected chi connectivity index (χ2v) is 5.99. The third-order valence-corrected chi connectivity index (χ3v) is 4.03. The summed E-state index contributed by atoms with van der Waals surface area (Å²) in [6, 6.07) is 0.240. The lowest BCUT2D eigenvalue weighted by Gasteiger charge is -2.39. The van der Waals surface area contributed by atoms with Gasteiger partial charge in [-0.2, -0.15) is 4.98 Å². The number of carbonyl (C=O) groups excluding carboxylic acids is 1. The third-order valence-electron chi connectivity index (χ3n) is 3.84. The molecular formula is C14H19ClN4O3. The van der Waals surface area contributed by atoms with Crippen LogP contribution < -0.4 is 10.1 Å². The van der Waals surface area contributed by atoms with Crippen LogP contribution in [0.5, 0.6) is 5.88 Å². The summed E-state index contributed by atoms with van der Waals surface area (Å²) in [6.07, 6.45) is 4.76. The second-order valence-electron chi connectivity index (χ2n) is 5.60. The van der Waals surface area contributed by atoms with Crippen molar-refractivity contribution in [2.45, 2.75) is 18.9 Å². The van der Waals surface area contributed by atoms with Crippen LogP contribution in [0.1, 0.15) is 12.8 Å². The van der Waals surface area contributed by atoms with Gasteiger partial charge in [0.15, 0.2) is 5.15 Å². The number of ether oxygens (including phenoxy) is 2. The molecule has 0 spiro atoms. The summed E-state index contributed by atoms with van der Waals surface area (Å²) in [5.74, 6) is 0.735. The highest BCUT2D eigenvalue weighted by Crippen LogP contribution is 2.18. The van der Waals surface area contributed by atoms with Crippen molar-refractivity contribution in [3.8, 4) is 5.88 Å². The Hall–Kier alpha value is -1.60. The summed E-state index contributed by atoms with van der Waals surface area (Å²) in [5.41, 5.74) is 0. The van der Waals surface area contributed by atoms with Gasteiger partial charge in [0.05, 0.1) is 19.0 Å². The topological polar surface area (TPSA) is 76.6 Å². The Morgan fingerprint density at radius 2 is 2.18 bits per heavy atom. The zero-order valence-corrected chi connectivity index (χ0v) is 13.0. The molecule has 2 saturated heterocycles. The SMILES string of the molecule is O=C(NC1CCOCC1)N1CC(COc2cncc(Cl)n2)C1. The van der Waals surface area contributed by atoms with Crippen LogP contribution in [0.2, 0.25) is 5.15 Å². The van der Waals surface area contributed by atoms with Gasteiger partial charge in [0, 0.05) is 38.3 Å². The molecule has 0 radical (unpaired) electrons. The van der Waals surface area contributed by atoms with Crippen molar-refractivity contribution in [1.82, 2.24) is 20.2 Å². The minimum Gasteiger partial charge on any atom is -0.476 e. The molecule has 22 heavy (non-hydrogen) atoms. The van der Waals surface area contributed by atoms with E-state index in [9.17, 15) is 4.79 Å². The predicted molar refractivity (Wildman–Crippen MR) is 80.0 cm³/mol. The van der Waals surface area contributed by atoms with E-state index in [-0.39, 0.29) is 12.1 Å². The number of carbonyl (C=O) groups is 1. The quantitative estimate of drug-likeness (QED) is 0.903. The zero-order valence-electron chi connectivity index (χ0n) is 12.2. The van der Waals surface area contributed by atoms with Gasteiger partial charge in [-0.1, -0.05) is 11.6 Å². The molecule has 0 bridgehead atoms. The number of halogens is 1. The normalized spacial score (nSPS) is 19.6. The van der Waals surface area contributed by atoms with Crippen molar-refractivity contribution < 1.29 is 14.3 Å². The molecule has 2 aliphatic heterocycles. The lowest BCUT2D eigenvalue weighted by atomic mass is 10.0. The molecule has 120 valence electrons. The number of aromatic nitrogens is 2. The summed E-state index contributed by atoms with van der Waals surface area (Å²) < 4.78 is 10.8. The van der Waals surface area contributed by atoms with Crippen LogP contribution in [0.15, 0.2) is 12.4 Å². The first-order valence-corrected chi connectivity index (χ1v) is 7.82. The summed E-state index contributed by atoms with van der Waals surface area (Å²) in [6.45, 7) is 3.35. The molecule has 1 N–H and O–H groups in total. The first-order valence-electron chi connectivity index (χ1n) is 7.44. The maximum Gasteiger partial charge on any atom is 0.317 e. The number of amides is 2. The van der Waals surface area contributed by atoms with E-state index in [4.69, 9.17) is 21.1 Å². The number of hydrogen-bond acceptors (Lipinski definition) is 5. The first kappa shape index (κ1) is 15.3. The highest BCUT2D eigenvalue weighted by molar-refractivity contribution is 6.29. The molecule has 3 rings (SSSR count).